The summed E-state index contributed by atoms with van der Waals surface area (Å²) in [5.41, 5.74) is -0.0991. The Labute approximate surface area is 218 Å². The lowest BCUT2D eigenvalue weighted by molar-refractivity contribution is -0.200. The number of nitrogens with zero attached hydrogens (tertiary/aromatic N) is 1. The predicted octanol–water partition coefficient (Wildman–Crippen LogP) is 3.41. The van der Waals surface area contributed by atoms with Crippen LogP contribution >= 0.6 is 0 Å². The zero-order chi connectivity index (χ0) is 26.1. The fourth-order valence-corrected chi connectivity index (χ4v) is 10.4. The number of aliphatic hydroxyl groups is 1. The molecule has 0 radical (unpaired) electrons. The number of carbonyl (C=O) groups is 3. The maximum atomic E-state index is 14.4. The summed E-state index contributed by atoms with van der Waals surface area (Å²) in [5, 5.41) is 10.0. The van der Waals surface area contributed by atoms with E-state index in [0.29, 0.717) is 12.3 Å². The maximum Gasteiger partial charge on any atom is 0.306 e. The van der Waals surface area contributed by atoms with Crippen molar-refractivity contribution in [1.29, 1.82) is 0 Å². The van der Waals surface area contributed by atoms with E-state index in [2.05, 4.69) is 31.7 Å². The molecule has 1 N–H and O–H groups in total. The van der Waals surface area contributed by atoms with E-state index in [1.165, 1.54) is 5.70 Å². The summed E-state index contributed by atoms with van der Waals surface area (Å²) in [4.78, 5) is 43.2. The van der Waals surface area contributed by atoms with Crippen LogP contribution in [0.4, 0.5) is 0 Å². The minimum Gasteiger partial charge on any atom is -0.465 e. The number of piperidine rings is 1. The molecule has 5 fully saturated rings. The number of rotatable bonds is 1. The number of aliphatic hydroxyl groups excluding tert-OH is 1. The zero-order valence-corrected chi connectivity index (χ0v) is 22.4. The van der Waals surface area contributed by atoms with Crippen molar-refractivity contribution >= 4 is 17.5 Å². The van der Waals surface area contributed by atoms with Gasteiger partial charge in [0.25, 0.3) is 0 Å². The number of hydrogen-bond acceptors (Lipinski definition) is 7. The Balaban J connectivity index is 1.46. The van der Waals surface area contributed by atoms with Gasteiger partial charge in [-0.05, 0) is 55.6 Å². The van der Waals surface area contributed by atoms with Crippen LogP contribution in [0.5, 0.6) is 0 Å². The second-order valence-corrected chi connectivity index (χ2v) is 13.9. The highest BCUT2D eigenvalue weighted by Crippen LogP contribution is 2.73. The van der Waals surface area contributed by atoms with Gasteiger partial charge in [0, 0.05) is 46.2 Å². The van der Waals surface area contributed by atoms with Gasteiger partial charge in [0.1, 0.15) is 11.5 Å². The van der Waals surface area contributed by atoms with Gasteiger partial charge in [0.05, 0.1) is 25.7 Å². The Bertz CT molecular complexity index is 1170. The van der Waals surface area contributed by atoms with E-state index in [1.807, 2.05) is 6.92 Å². The molecular formula is C30H39NO6. The molecule has 200 valence electrons. The van der Waals surface area contributed by atoms with Crippen molar-refractivity contribution in [3.63, 3.8) is 0 Å². The Hall–Kier alpha value is -1.99. The van der Waals surface area contributed by atoms with Crippen molar-refractivity contribution < 1.29 is 29.0 Å². The van der Waals surface area contributed by atoms with Crippen molar-refractivity contribution in [2.75, 3.05) is 19.8 Å². The average Bonchev–Trinajstić information content (AvgIpc) is 3.36. The van der Waals surface area contributed by atoms with Crippen LogP contribution in [0.1, 0.15) is 66.2 Å². The number of carbonyl (C=O) groups excluding carboxylic acids is 3. The number of ether oxygens (including phenoxy) is 2. The van der Waals surface area contributed by atoms with Gasteiger partial charge < -0.3 is 19.5 Å². The maximum absolute atomic E-state index is 14.4. The van der Waals surface area contributed by atoms with Crippen LogP contribution in [-0.2, 0) is 23.9 Å². The Morgan fingerprint density at radius 2 is 1.95 bits per heavy atom. The summed E-state index contributed by atoms with van der Waals surface area (Å²) in [6.07, 6.45) is 8.68. The third kappa shape index (κ3) is 2.78. The van der Waals surface area contributed by atoms with E-state index in [0.717, 1.165) is 37.8 Å². The van der Waals surface area contributed by atoms with Crippen LogP contribution in [0.15, 0.2) is 23.4 Å². The first kappa shape index (κ1) is 24.1. The molecule has 7 heteroatoms. The van der Waals surface area contributed by atoms with E-state index in [9.17, 15) is 19.5 Å². The normalized spacial score (nSPS) is 52.1. The molecule has 0 aromatic heterocycles. The molecule has 4 saturated heterocycles. The number of ketones is 2. The van der Waals surface area contributed by atoms with E-state index < -0.39 is 34.0 Å². The van der Waals surface area contributed by atoms with Gasteiger partial charge in [-0.15, -0.1) is 0 Å². The molecule has 1 saturated carbocycles. The molecule has 3 aliphatic carbocycles. The molecule has 2 bridgehead atoms. The molecule has 2 spiro atoms. The molecule has 7 aliphatic rings. The summed E-state index contributed by atoms with van der Waals surface area (Å²) in [7, 11) is 0. The van der Waals surface area contributed by atoms with Crippen molar-refractivity contribution in [3.05, 3.63) is 23.4 Å². The Morgan fingerprint density at radius 3 is 2.65 bits per heavy atom. The first-order valence-corrected chi connectivity index (χ1v) is 14.2. The topological polar surface area (TPSA) is 93.1 Å². The largest absolute Gasteiger partial charge is 0.465 e. The number of hydrogen-bond donors (Lipinski definition) is 1. The van der Waals surface area contributed by atoms with Crippen LogP contribution in [0.25, 0.3) is 0 Å². The number of cyclic esters (lactones) is 1. The monoisotopic (exact) mass is 509 g/mol. The lowest BCUT2D eigenvalue weighted by Gasteiger charge is -2.67. The summed E-state index contributed by atoms with van der Waals surface area (Å²) >= 11 is 0. The molecule has 7 rings (SSSR count). The molecule has 0 aromatic carbocycles. The van der Waals surface area contributed by atoms with Crippen LogP contribution in [0, 0.1) is 45.8 Å². The highest BCUT2D eigenvalue weighted by atomic mass is 16.5. The highest BCUT2D eigenvalue weighted by Gasteiger charge is 2.74. The second kappa shape index (κ2) is 7.35. The average molecular weight is 510 g/mol. The van der Waals surface area contributed by atoms with Gasteiger partial charge >= 0.3 is 5.97 Å². The minimum absolute atomic E-state index is 0.0466. The molecule has 0 amide bonds. The Morgan fingerprint density at radius 1 is 1.16 bits per heavy atom. The quantitative estimate of drug-likeness (QED) is 0.542. The number of allylic oxidation sites excluding steroid dienone is 3. The van der Waals surface area contributed by atoms with Gasteiger partial charge in [-0.25, -0.2) is 0 Å². The van der Waals surface area contributed by atoms with E-state index >= 15 is 0 Å². The smallest absolute Gasteiger partial charge is 0.306 e. The first-order chi connectivity index (χ1) is 17.5. The van der Waals surface area contributed by atoms with Gasteiger partial charge in [0.15, 0.2) is 5.78 Å². The number of fused-ring (bicyclic) bond motifs is 8. The van der Waals surface area contributed by atoms with Crippen molar-refractivity contribution in [3.8, 4) is 0 Å². The van der Waals surface area contributed by atoms with Crippen LogP contribution in [0.3, 0.4) is 0 Å². The molecular weight excluding hydrogens is 470 g/mol. The van der Waals surface area contributed by atoms with Gasteiger partial charge in [0.2, 0.25) is 0 Å². The standard InChI is InChI=1S/C30H39NO6/c1-16-7-19-13-31-22-11-27(3)20-8-18(14-32)9-21(33)24(20)17(2)25(35)26(27)29(12-23(34)36-15-29)28(22,4)5-6-30(31,10-16)37-19/h9,11,16-17,19-20,24,26,32H,5-8,10,12-15H2,1-4H3/t16-,17+,19+,20+,24-,26-,27-,28+,29+,30?/m0/s1. The summed E-state index contributed by atoms with van der Waals surface area (Å²) in [6.45, 7) is 9.54. The second-order valence-electron chi connectivity index (χ2n) is 13.9. The van der Waals surface area contributed by atoms with Gasteiger partial charge in [-0.1, -0.05) is 33.8 Å². The van der Waals surface area contributed by atoms with Gasteiger partial charge in [-0.3, -0.25) is 14.4 Å². The van der Waals surface area contributed by atoms with Crippen molar-refractivity contribution in [2.45, 2.75) is 78.0 Å². The molecule has 7 nitrogen and oxygen atoms in total. The predicted molar refractivity (Wildman–Crippen MR) is 134 cm³/mol. The molecule has 10 atom stereocenters. The lowest BCUT2D eigenvalue weighted by atomic mass is 9.37. The summed E-state index contributed by atoms with van der Waals surface area (Å²) < 4.78 is 12.5. The van der Waals surface area contributed by atoms with E-state index in [-0.39, 0.29) is 54.9 Å². The number of esters is 1. The molecule has 37 heavy (non-hydrogen) atoms. The number of Topliss-reactive ketones (excluding diaryl/α,β-unsaturated/α-hetero) is 1. The minimum atomic E-state index is -0.660. The van der Waals surface area contributed by atoms with Crippen molar-refractivity contribution in [1.82, 2.24) is 4.90 Å². The van der Waals surface area contributed by atoms with Crippen LogP contribution in [0.2, 0.25) is 0 Å². The highest BCUT2D eigenvalue weighted by molar-refractivity contribution is 6.00. The SMILES string of the molecule is C[C@H]1C[C@@H]2CN3C4=C[C@@]5(C)[C@@H]6CC(CO)=CC(=O)[C@H]6[C@@H](C)C(=O)[C@@H]5[C@@]5(COC(=O)C5)[C@]4(C)CCC3(C1)O2. The van der Waals surface area contributed by atoms with Crippen molar-refractivity contribution in [2.24, 2.45) is 45.8 Å². The third-order valence-electron chi connectivity index (χ3n) is 12.0. The fraction of sp³-hybridized carbons (Fsp3) is 0.767. The molecule has 4 heterocycles. The van der Waals surface area contributed by atoms with Crippen LogP contribution in [-0.4, -0.2) is 59.1 Å². The first-order valence-electron chi connectivity index (χ1n) is 14.2. The summed E-state index contributed by atoms with van der Waals surface area (Å²) in [5.74, 6) is -0.968. The van der Waals surface area contributed by atoms with Gasteiger partial charge in [-0.2, -0.15) is 0 Å². The summed E-state index contributed by atoms with van der Waals surface area (Å²) in [6, 6.07) is 0. The zero-order valence-electron chi connectivity index (χ0n) is 22.4. The van der Waals surface area contributed by atoms with Crippen LogP contribution < -0.4 is 0 Å². The fourth-order valence-electron chi connectivity index (χ4n) is 10.4. The third-order valence-corrected chi connectivity index (χ3v) is 12.0. The molecule has 0 aromatic rings. The lowest BCUT2D eigenvalue weighted by Crippen LogP contribution is -2.69. The molecule has 1 unspecified atom stereocenters. The van der Waals surface area contributed by atoms with E-state index in [1.54, 1.807) is 6.08 Å². The Kier molecular flexibility index (Phi) is 4.78. The molecule has 4 aliphatic heterocycles. The van der Waals surface area contributed by atoms with E-state index in [4.69, 9.17) is 9.47 Å².